The molecule has 0 saturated heterocycles. The van der Waals surface area contributed by atoms with Crippen molar-refractivity contribution in [1.82, 2.24) is 0 Å². The molecule has 19 heavy (non-hydrogen) atoms. The molecule has 0 unspecified atom stereocenters. The number of carbonyl (C=O) groups excluding carboxylic acids is 1. The van der Waals surface area contributed by atoms with Gasteiger partial charge in [0, 0.05) is 5.56 Å². The maximum Gasteiger partial charge on any atom is 0.185 e. The second-order valence-electron chi connectivity index (χ2n) is 5.98. The quantitative estimate of drug-likeness (QED) is 0.546. The summed E-state index contributed by atoms with van der Waals surface area (Å²) in [5.74, 6) is 0.910. The number of ketones is 1. The number of rotatable bonds is 3. The molecule has 0 amide bonds. The van der Waals surface area contributed by atoms with E-state index < -0.39 is 0 Å². The molecule has 0 heterocycles. The first-order chi connectivity index (χ1) is 9.33. The van der Waals surface area contributed by atoms with Crippen LogP contribution >= 0.6 is 0 Å². The van der Waals surface area contributed by atoms with Crippen molar-refractivity contribution >= 4 is 5.78 Å². The maximum absolute atomic E-state index is 12.3. The molecule has 0 spiro atoms. The summed E-state index contributed by atoms with van der Waals surface area (Å²) in [5.41, 5.74) is 3.59. The van der Waals surface area contributed by atoms with Gasteiger partial charge in [0.05, 0.1) is 0 Å². The lowest BCUT2D eigenvalue weighted by atomic mass is 9.79. The van der Waals surface area contributed by atoms with E-state index in [0.29, 0.717) is 5.92 Å². The van der Waals surface area contributed by atoms with Gasteiger partial charge in [0.15, 0.2) is 5.78 Å². The van der Waals surface area contributed by atoms with Crippen LogP contribution in [-0.2, 0) is 0 Å². The average molecular weight is 254 g/mol. The highest BCUT2D eigenvalue weighted by molar-refractivity contribution is 6.05. The van der Waals surface area contributed by atoms with Crippen molar-refractivity contribution in [1.29, 1.82) is 0 Å². The predicted octanol–water partition coefficient (Wildman–Crippen LogP) is 5.03. The first-order valence-corrected chi connectivity index (χ1v) is 7.67. The number of allylic oxidation sites excluding steroid dienone is 2. The molecule has 0 atom stereocenters. The van der Waals surface area contributed by atoms with E-state index in [1.54, 1.807) is 0 Å². The summed E-state index contributed by atoms with van der Waals surface area (Å²) < 4.78 is 0. The Morgan fingerprint density at radius 3 is 2.53 bits per heavy atom. The third-order valence-electron chi connectivity index (χ3n) is 4.58. The molecule has 2 aliphatic rings. The zero-order chi connectivity index (χ0) is 13.1. The first kappa shape index (κ1) is 12.7. The van der Waals surface area contributed by atoms with Crippen molar-refractivity contribution in [2.45, 2.75) is 57.3 Å². The summed E-state index contributed by atoms with van der Waals surface area (Å²) >= 11 is 0. The fourth-order valence-corrected chi connectivity index (χ4v) is 3.11. The Morgan fingerprint density at radius 1 is 1.05 bits per heavy atom. The van der Waals surface area contributed by atoms with Gasteiger partial charge >= 0.3 is 0 Å². The van der Waals surface area contributed by atoms with E-state index in [4.69, 9.17) is 0 Å². The Morgan fingerprint density at radius 2 is 1.84 bits per heavy atom. The van der Waals surface area contributed by atoms with Gasteiger partial charge in [0.2, 0.25) is 0 Å². The molecule has 1 nitrogen and oxygen atoms in total. The van der Waals surface area contributed by atoms with Gasteiger partial charge in [-0.2, -0.15) is 0 Å². The maximum atomic E-state index is 12.3. The summed E-state index contributed by atoms with van der Waals surface area (Å²) in [6.07, 6.45) is 11.9. The lowest BCUT2D eigenvalue weighted by molar-refractivity contribution is 0.104. The van der Waals surface area contributed by atoms with Crippen molar-refractivity contribution in [3.63, 3.8) is 0 Å². The first-order valence-electron chi connectivity index (χ1n) is 7.67. The van der Waals surface area contributed by atoms with Crippen molar-refractivity contribution in [3.8, 4) is 0 Å². The zero-order valence-electron chi connectivity index (χ0n) is 11.5. The van der Waals surface area contributed by atoms with Crippen molar-refractivity contribution in [2.24, 2.45) is 0 Å². The minimum absolute atomic E-state index is 0.207. The van der Waals surface area contributed by atoms with Gasteiger partial charge in [-0.1, -0.05) is 36.6 Å². The van der Waals surface area contributed by atoms with Gasteiger partial charge < -0.3 is 0 Å². The Hall–Kier alpha value is -1.37. The van der Waals surface area contributed by atoms with Gasteiger partial charge in [0.1, 0.15) is 0 Å². The highest BCUT2D eigenvalue weighted by Crippen LogP contribution is 2.36. The molecule has 2 fully saturated rings. The van der Waals surface area contributed by atoms with Crippen LogP contribution < -0.4 is 0 Å². The van der Waals surface area contributed by atoms with Crippen LogP contribution in [-0.4, -0.2) is 5.78 Å². The lowest BCUT2D eigenvalue weighted by Crippen LogP contribution is -2.09. The topological polar surface area (TPSA) is 17.1 Å². The van der Waals surface area contributed by atoms with Gasteiger partial charge in [-0.05, 0) is 62.1 Å². The summed E-state index contributed by atoms with van der Waals surface area (Å²) in [7, 11) is 0. The fraction of sp³-hybridized carbons (Fsp3) is 0.500. The second-order valence-corrected chi connectivity index (χ2v) is 5.98. The van der Waals surface area contributed by atoms with Crippen molar-refractivity contribution in [3.05, 3.63) is 47.0 Å². The van der Waals surface area contributed by atoms with Crippen LogP contribution in [0.4, 0.5) is 0 Å². The molecular weight excluding hydrogens is 232 g/mol. The highest BCUT2D eigenvalue weighted by atomic mass is 16.1. The molecule has 0 N–H and O–H groups in total. The number of benzene rings is 1. The standard InChI is InChI=1S/C18H22O/c19-18(12-14-6-2-1-3-7-14)17-11-5-10-16(13-17)15-8-4-9-15/h5,10-13,15H,1-4,6-9H2. The normalized spacial score (nSPS) is 19.9. The molecule has 1 heteroatoms. The van der Waals surface area contributed by atoms with E-state index >= 15 is 0 Å². The van der Waals surface area contributed by atoms with E-state index in [2.05, 4.69) is 12.1 Å². The van der Waals surface area contributed by atoms with Crippen LogP contribution in [0, 0.1) is 0 Å². The summed E-state index contributed by atoms with van der Waals surface area (Å²) in [5, 5.41) is 0. The minimum Gasteiger partial charge on any atom is -0.289 e. The van der Waals surface area contributed by atoms with Crippen LogP contribution in [0.3, 0.4) is 0 Å². The minimum atomic E-state index is 0.207. The smallest absolute Gasteiger partial charge is 0.185 e. The molecule has 0 aromatic heterocycles. The second kappa shape index (κ2) is 5.73. The Kier molecular flexibility index (Phi) is 3.82. The third kappa shape index (κ3) is 2.97. The Bertz CT molecular complexity index is 486. The largest absolute Gasteiger partial charge is 0.289 e. The molecule has 2 saturated carbocycles. The van der Waals surface area contributed by atoms with Crippen molar-refractivity contribution < 1.29 is 4.79 Å². The monoisotopic (exact) mass is 254 g/mol. The van der Waals surface area contributed by atoms with Crippen LogP contribution in [0.2, 0.25) is 0 Å². The number of hydrogen-bond donors (Lipinski definition) is 0. The van der Waals surface area contributed by atoms with E-state index in [-0.39, 0.29) is 5.78 Å². The summed E-state index contributed by atoms with van der Waals surface area (Å²) in [6, 6.07) is 8.30. The highest BCUT2D eigenvalue weighted by Gasteiger charge is 2.20. The van der Waals surface area contributed by atoms with E-state index in [9.17, 15) is 4.79 Å². The molecule has 1 aromatic carbocycles. The number of carbonyl (C=O) groups is 1. The molecule has 0 radical (unpaired) electrons. The molecule has 3 rings (SSSR count). The molecule has 0 aliphatic heterocycles. The third-order valence-corrected chi connectivity index (χ3v) is 4.58. The van der Waals surface area contributed by atoms with Crippen LogP contribution in [0.15, 0.2) is 35.9 Å². The summed E-state index contributed by atoms with van der Waals surface area (Å²) in [6.45, 7) is 0. The van der Waals surface area contributed by atoms with E-state index in [1.807, 2.05) is 18.2 Å². The fourth-order valence-electron chi connectivity index (χ4n) is 3.11. The lowest BCUT2D eigenvalue weighted by Gasteiger charge is -2.26. The average Bonchev–Trinajstić information content (AvgIpc) is 2.38. The van der Waals surface area contributed by atoms with Gasteiger partial charge in [-0.15, -0.1) is 0 Å². The Balaban J connectivity index is 1.75. The molecule has 100 valence electrons. The molecule has 2 aliphatic carbocycles. The van der Waals surface area contributed by atoms with Gasteiger partial charge in [0.25, 0.3) is 0 Å². The van der Waals surface area contributed by atoms with Crippen molar-refractivity contribution in [2.75, 3.05) is 0 Å². The zero-order valence-corrected chi connectivity index (χ0v) is 11.5. The van der Waals surface area contributed by atoms with Gasteiger partial charge in [-0.3, -0.25) is 4.79 Å². The SMILES string of the molecule is O=C(C=C1CCCCC1)c1cccc(C2CCC2)c1. The van der Waals surface area contributed by atoms with Crippen LogP contribution in [0.5, 0.6) is 0 Å². The van der Waals surface area contributed by atoms with E-state index in [1.165, 1.54) is 49.7 Å². The number of hydrogen-bond acceptors (Lipinski definition) is 1. The predicted molar refractivity (Wildman–Crippen MR) is 78.5 cm³/mol. The van der Waals surface area contributed by atoms with Crippen LogP contribution in [0.1, 0.15) is 73.2 Å². The molecule has 0 bridgehead atoms. The van der Waals surface area contributed by atoms with Gasteiger partial charge in [-0.25, -0.2) is 0 Å². The molecule has 1 aromatic rings. The van der Waals surface area contributed by atoms with E-state index in [0.717, 1.165) is 18.4 Å². The summed E-state index contributed by atoms with van der Waals surface area (Å²) in [4.78, 5) is 12.3. The molecular formula is C18H22O. The van der Waals surface area contributed by atoms with Crippen LogP contribution in [0.25, 0.3) is 0 Å². The Labute approximate surface area is 115 Å².